The molecule has 1 atom stereocenters. The number of rotatable bonds is 5. The highest BCUT2D eigenvalue weighted by Gasteiger charge is 2.12. The van der Waals surface area contributed by atoms with Gasteiger partial charge < -0.3 is 10.8 Å². The second-order valence-electron chi connectivity index (χ2n) is 3.17. The number of nitrogens with two attached hydrogens (primary N) is 1. The largest absolute Gasteiger partial charge is 0.481 e. The quantitative estimate of drug-likeness (QED) is 0.631. The lowest BCUT2D eigenvalue weighted by Crippen LogP contribution is -2.20. The van der Waals surface area contributed by atoms with Crippen molar-refractivity contribution in [3.05, 3.63) is 0 Å². The van der Waals surface area contributed by atoms with Crippen LogP contribution in [0.25, 0.3) is 0 Å². The molecule has 0 aromatic rings. The number of carboxylic acids is 1. The molecule has 11 heavy (non-hydrogen) atoms. The molecule has 0 aliphatic carbocycles. The van der Waals surface area contributed by atoms with E-state index in [1.165, 1.54) is 0 Å². The molecule has 66 valence electrons. The first-order chi connectivity index (χ1) is 5.07. The summed E-state index contributed by atoms with van der Waals surface area (Å²) in [6, 6.07) is 0. The Morgan fingerprint density at radius 3 is 2.36 bits per heavy atom. The van der Waals surface area contributed by atoms with Gasteiger partial charge in [0.15, 0.2) is 0 Å². The van der Waals surface area contributed by atoms with Gasteiger partial charge in [-0.1, -0.05) is 13.8 Å². The number of carbonyl (C=O) groups is 1. The highest BCUT2D eigenvalue weighted by molar-refractivity contribution is 5.66. The molecule has 0 aliphatic rings. The van der Waals surface area contributed by atoms with Crippen molar-refractivity contribution in [2.75, 3.05) is 6.54 Å². The summed E-state index contributed by atoms with van der Waals surface area (Å²) in [4.78, 5) is 10.2. The lowest BCUT2D eigenvalue weighted by atomic mass is 9.91. The molecule has 0 saturated carbocycles. The summed E-state index contributed by atoms with van der Waals surface area (Å²) >= 11 is 0. The summed E-state index contributed by atoms with van der Waals surface area (Å²) < 4.78 is 0. The molecule has 0 amide bonds. The topological polar surface area (TPSA) is 63.3 Å². The van der Waals surface area contributed by atoms with Crippen molar-refractivity contribution in [1.82, 2.24) is 0 Å². The number of carboxylic acid groups (broad SMARTS) is 1. The normalized spacial score (nSPS) is 13.5. The molecular weight excluding hydrogens is 142 g/mol. The van der Waals surface area contributed by atoms with Crippen molar-refractivity contribution >= 4 is 5.97 Å². The van der Waals surface area contributed by atoms with Gasteiger partial charge in [-0.3, -0.25) is 4.79 Å². The van der Waals surface area contributed by atoms with Crippen LogP contribution in [-0.2, 0) is 4.79 Å². The highest BCUT2D eigenvalue weighted by atomic mass is 16.4. The Hall–Kier alpha value is -0.570. The highest BCUT2D eigenvalue weighted by Crippen LogP contribution is 2.15. The van der Waals surface area contributed by atoms with E-state index < -0.39 is 5.97 Å². The van der Waals surface area contributed by atoms with Gasteiger partial charge in [-0.2, -0.15) is 0 Å². The Kier molecular flexibility index (Phi) is 4.86. The van der Waals surface area contributed by atoms with E-state index >= 15 is 0 Å². The Labute approximate surface area is 67.6 Å². The third-order valence-corrected chi connectivity index (χ3v) is 1.97. The van der Waals surface area contributed by atoms with Crippen LogP contribution in [0.15, 0.2) is 0 Å². The average Bonchev–Trinajstić information content (AvgIpc) is 1.87. The molecule has 0 aliphatic heterocycles. The maximum Gasteiger partial charge on any atom is 0.303 e. The first-order valence-electron chi connectivity index (χ1n) is 3.99. The minimum Gasteiger partial charge on any atom is -0.481 e. The molecule has 0 aromatic heterocycles. The summed E-state index contributed by atoms with van der Waals surface area (Å²) in [6.45, 7) is 4.73. The van der Waals surface area contributed by atoms with Gasteiger partial charge >= 0.3 is 5.97 Å². The SMILES string of the molecule is CC(C)C(CN)CCC(=O)O. The van der Waals surface area contributed by atoms with Crippen LogP contribution in [0, 0.1) is 11.8 Å². The lowest BCUT2D eigenvalue weighted by Gasteiger charge is -2.16. The van der Waals surface area contributed by atoms with Crippen molar-refractivity contribution in [2.45, 2.75) is 26.7 Å². The van der Waals surface area contributed by atoms with Crippen molar-refractivity contribution < 1.29 is 9.90 Å². The molecular formula is C8H17NO2. The van der Waals surface area contributed by atoms with Crippen LogP contribution < -0.4 is 5.73 Å². The van der Waals surface area contributed by atoms with Crippen molar-refractivity contribution in [3.63, 3.8) is 0 Å². The predicted octanol–water partition coefficient (Wildman–Crippen LogP) is 1.08. The lowest BCUT2D eigenvalue weighted by molar-refractivity contribution is -0.137. The Balaban J connectivity index is 3.61. The van der Waals surface area contributed by atoms with Crippen molar-refractivity contribution in [3.8, 4) is 0 Å². The van der Waals surface area contributed by atoms with Gasteiger partial charge in [-0.05, 0) is 24.8 Å². The minimum atomic E-state index is -0.732. The summed E-state index contributed by atoms with van der Waals surface area (Å²) in [6.07, 6.45) is 0.934. The van der Waals surface area contributed by atoms with Gasteiger partial charge in [0, 0.05) is 6.42 Å². The van der Waals surface area contributed by atoms with E-state index in [-0.39, 0.29) is 6.42 Å². The van der Waals surface area contributed by atoms with Crippen LogP contribution in [0.4, 0.5) is 0 Å². The monoisotopic (exact) mass is 159 g/mol. The van der Waals surface area contributed by atoms with Gasteiger partial charge in [0.1, 0.15) is 0 Å². The standard InChI is InChI=1S/C8H17NO2/c1-6(2)7(5-9)3-4-8(10)11/h6-7H,3-5,9H2,1-2H3,(H,10,11). The third-order valence-electron chi connectivity index (χ3n) is 1.97. The van der Waals surface area contributed by atoms with Gasteiger partial charge in [0.05, 0.1) is 0 Å². The van der Waals surface area contributed by atoms with Crippen LogP contribution in [0.3, 0.4) is 0 Å². The summed E-state index contributed by atoms with van der Waals surface area (Å²) in [5.41, 5.74) is 5.47. The van der Waals surface area contributed by atoms with E-state index in [2.05, 4.69) is 13.8 Å². The second-order valence-corrected chi connectivity index (χ2v) is 3.17. The maximum atomic E-state index is 10.2. The fourth-order valence-corrected chi connectivity index (χ4v) is 1.03. The zero-order valence-corrected chi connectivity index (χ0v) is 7.21. The van der Waals surface area contributed by atoms with E-state index in [0.717, 1.165) is 0 Å². The minimum absolute atomic E-state index is 0.236. The Morgan fingerprint density at radius 1 is 1.55 bits per heavy atom. The van der Waals surface area contributed by atoms with Gasteiger partial charge in [0.25, 0.3) is 0 Å². The van der Waals surface area contributed by atoms with E-state index in [1.54, 1.807) is 0 Å². The van der Waals surface area contributed by atoms with Crippen molar-refractivity contribution in [2.24, 2.45) is 17.6 Å². The summed E-state index contributed by atoms with van der Waals surface area (Å²) in [7, 11) is 0. The maximum absolute atomic E-state index is 10.2. The van der Waals surface area contributed by atoms with Crippen molar-refractivity contribution in [1.29, 1.82) is 0 Å². The molecule has 0 saturated heterocycles. The molecule has 0 heterocycles. The number of hydrogen-bond acceptors (Lipinski definition) is 2. The molecule has 0 rings (SSSR count). The van der Waals surface area contributed by atoms with Crippen LogP contribution in [0.2, 0.25) is 0 Å². The first-order valence-corrected chi connectivity index (χ1v) is 3.99. The molecule has 1 unspecified atom stereocenters. The van der Waals surface area contributed by atoms with Gasteiger partial charge in [-0.15, -0.1) is 0 Å². The Bertz CT molecular complexity index is 123. The number of hydrogen-bond donors (Lipinski definition) is 2. The first kappa shape index (κ1) is 10.4. The van der Waals surface area contributed by atoms with Crippen LogP contribution in [0.5, 0.6) is 0 Å². The van der Waals surface area contributed by atoms with E-state index in [0.29, 0.717) is 24.8 Å². The number of aliphatic carboxylic acids is 1. The smallest absolute Gasteiger partial charge is 0.303 e. The zero-order chi connectivity index (χ0) is 8.85. The molecule has 3 N–H and O–H groups in total. The van der Waals surface area contributed by atoms with Gasteiger partial charge in [-0.25, -0.2) is 0 Å². The third kappa shape index (κ3) is 4.79. The fourth-order valence-electron chi connectivity index (χ4n) is 1.03. The molecule has 0 bridgehead atoms. The second kappa shape index (κ2) is 5.13. The Morgan fingerprint density at radius 2 is 2.09 bits per heavy atom. The molecule has 0 radical (unpaired) electrons. The van der Waals surface area contributed by atoms with E-state index in [1.807, 2.05) is 0 Å². The van der Waals surface area contributed by atoms with E-state index in [9.17, 15) is 4.79 Å². The van der Waals surface area contributed by atoms with Crippen LogP contribution in [-0.4, -0.2) is 17.6 Å². The summed E-state index contributed by atoms with van der Waals surface area (Å²) in [5, 5.41) is 8.40. The fraction of sp³-hybridized carbons (Fsp3) is 0.875. The molecule has 0 aromatic carbocycles. The van der Waals surface area contributed by atoms with Crippen LogP contribution >= 0.6 is 0 Å². The van der Waals surface area contributed by atoms with Crippen LogP contribution in [0.1, 0.15) is 26.7 Å². The summed E-state index contributed by atoms with van der Waals surface area (Å²) in [5.74, 6) is 0.106. The zero-order valence-electron chi connectivity index (χ0n) is 7.21. The predicted molar refractivity (Wildman–Crippen MR) is 44.3 cm³/mol. The molecule has 0 fully saturated rings. The molecule has 3 heteroatoms. The average molecular weight is 159 g/mol. The molecule has 3 nitrogen and oxygen atoms in total. The molecule has 0 spiro atoms. The van der Waals surface area contributed by atoms with Gasteiger partial charge in [0.2, 0.25) is 0 Å². The van der Waals surface area contributed by atoms with E-state index in [4.69, 9.17) is 10.8 Å².